The molecule has 0 unspecified atom stereocenters. The average molecular weight is 258 g/mol. The normalized spacial score (nSPS) is 11.4. The molecule has 0 radical (unpaired) electrons. The number of anilines is 1. The van der Waals surface area contributed by atoms with E-state index in [1.54, 1.807) is 0 Å². The molecule has 0 aliphatic rings. The van der Waals surface area contributed by atoms with Crippen molar-refractivity contribution >= 4 is 11.6 Å². The Hall–Kier alpha value is -1.69. The van der Waals surface area contributed by atoms with Crippen LogP contribution in [0.1, 0.15) is 24.2 Å². The lowest BCUT2D eigenvalue weighted by Gasteiger charge is -2.26. The smallest absolute Gasteiger partial charge is 0.255 e. The fourth-order valence-corrected chi connectivity index (χ4v) is 1.61. The van der Waals surface area contributed by atoms with E-state index in [0.717, 1.165) is 12.1 Å². The van der Waals surface area contributed by atoms with Gasteiger partial charge in [0.15, 0.2) is 11.6 Å². The predicted molar refractivity (Wildman–Crippen MR) is 64.0 cm³/mol. The molecule has 1 amide bonds. The van der Waals surface area contributed by atoms with E-state index < -0.39 is 23.1 Å². The van der Waals surface area contributed by atoms with Gasteiger partial charge in [0.25, 0.3) is 5.91 Å². The third-order valence-corrected chi connectivity index (χ3v) is 2.29. The molecule has 0 atom stereocenters. The summed E-state index contributed by atoms with van der Waals surface area (Å²) < 4.78 is 25.9. The van der Waals surface area contributed by atoms with Gasteiger partial charge in [0.1, 0.15) is 0 Å². The van der Waals surface area contributed by atoms with Gasteiger partial charge in [-0.2, -0.15) is 0 Å². The first-order valence-corrected chi connectivity index (χ1v) is 5.34. The first-order valence-electron chi connectivity index (χ1n) is 5.34. The lowest BCUT2D eigenvalue weighted by Crippen LogP contribution is -2.40. The predicted octanol–water partition coefficient (Wildman–Crippen LogP) is 1.39. The number of halogens is 2. The first-order chi connectivity index (χ1) is 8.11. The summed E-state index contributed by atoms with van der Waals surface area (Å²) >= 11 is 0. The van der Waals surface area contributed by atoms with Crippen LogP contribution < -0.4 is 5.73 Å². The summed E-state index contributed by atoms with van der Waals surface area (Å²) in [5, 5.41) is 9.59. The maximum absolute atomic E-state index is 13.1. The van der Waals surface area contributed by atoms with Crippen LogP contribution in [0.2, 0.25) is 0 Å². The van der Waals surface area contributed by atoms with Crippen LogP contribution in [0.4, 0.5) is 14.5 Å². The van der Waals surface area contributed by atoms with E-state index >= 15 is 0 Å². The number of rotatable bonds is 3. The molecule has 1 rings (SSSR count). The van der Waals surface area contributed by atoms with Gasteiger partial charge in [-0.25, -0.2) is 8.78 Å². The first kappa shape index (κ1) is 14.4. The number of nitrogen functional groups attached to an aromatic ring is 1. The summed E-state index contributed by atoms with van der Waals surface area (Å²) in [6.45, 7) is 3.11. The van der Waals surface area contributed by atoms with Crippen molar-refractivity contribution in [2.75, 3.05) is 19.3 Å². The Bertz CT molecular complexity index is 470. The zero-order valence-corrected chi connectivity index (χ0v) is 10.5. The summed E-state index contributed by atoms with van der Waals surface area (Å²) in [7, 11) is 1.45. The summed E-state index contributed by atoms with van der Waals surface area (Å²) in [5.74, 6) is -2.81. The number of benzene rings is 1. The van der Waals surface area contributed by atoms with E-state index in [2.05, 4.69) is 0 Å². The zero-order chi connectivity index (χ0) is 14.1. The van der Waals surface area contributed by atoms with Crippen molar-refractivity contribution in [1.82, 2.24) is 4.90 Å². The molecule has 0 bridgehead atoms. The highest BCUT2D eigenvalue weighted by Crippen LogP contribution is 2.19. The second-order valence-electron chi connectivity index (χ2n) is 4.83. The molecule has 0 spiro atoms. The van der Waals surface area contributed by atoms with Gasteiger partial charge >= 0.3 is 0 Å². The molecule has 0 aliphatic carbocycles. The molecule has 3 N–H and O–H groups in total. The molecule has 1 aromatic rings. The van der Waals surface area contributed by atoms with Gasteiger partial charge in [-0.1, -0.05) is 0 Å². The standard InChI is InChI=1S/C12H16F2N2O2/c1-12(2,18)6-16(3)11(17)7-4-8(13)9(14)5-10(7)15/h4-5,18H,6,15H2,1-3H3. The lowest BCUT2D eigenvalue weighted by atomic mass is 10.1. The number of likely N-dealkylation sites (N-methyl/N-ethyl adjacent to an activating group) is 1. The average Bonchev–Trinajstić information content (AvgIpc) is 2.20. The van der Waals surface area contributed by atoms with Gasteiger partial charge < -0.3 is 15.7 Å². The molecule has 100 valence electrons. The SMILES string of the molecule is CN(CC(C)(C)O)C(=O)c1cc(F)c(F)cc1N. The van der Waals surface area contributed by atoms with E-state index in [4.69, 9.17) is 5.73 Å². The van der Waals surface area contributed by atoms with Crippen LogP contribution in [0, 0.1) is 11.6 Å². The molecular weight excluding hydrogens is 242 g/mol. The van der Waals surface area contributed by atoms with E-state index in [9.17, 15) is 18.7 Å². The second kappa shape index (κ2) is 4.89. The quantitative estimate of drug-likeness (QED) is 0.805. The minimum absolute atomic E-state index is 0.0459. The number of nitrogens with zero attached hydrogens (tertiary/aromatic N) is 1. The third kappa shape index (κ3) is 3.40. The molecule has 6 heteroatoms. The van der Waals surface area contributed by atoms with Crippen molar-refractivity contribution in [3.63, 3.8) is 0 Å². The van der Waals surface area contributed by atoms with Gasteiger partial charge in [0, 0.05) is 25.3 Å². The number of aliphatic hydroxyl groups is 1. The molecule has 0 heterocycles. The van der Waals surface area contributed by atoms with Crippen molar-refractivity contribution in [3.05, 3.63) is 29.3 Å². The number of carbonyl (C=O) groups excluding carboxylic acids is 1. The molecule has 4 nitrogen and oxygen atoms in total. The highest BCUT2D eigenvalue weighted by molar-refractivity contribution is 5.99. The molecule has 18 heavy (non-hydrogen) atoms. The number of carbonyl (C=O) groups is 1. The molecule has 1 aromatic carbocycles. The Labute approximate surface area is 104 Å². The van der Waals surface area contributed by atoms with Crippen molar-refractivity contribution < 1.29 is 18.7 Å². The molecule has 0 fully saturated rings. The van der Waals surface area contributed by atoms with Crippen LogP contribution in [0.15, 0.2) is 12.1 Å². The van der Waals surface area contributed by atoms with E-state index in [-0.39, 0.29) is 17.8 Å². The van der Waals surface area contributed by atoms with E-state index in [0.29, 0.717) is 0 Å². The van der Waals surface area contributed by atoms with Crippen LogP contribution in [0.3, 0.4) is 0 Å². The van der Waals surface area contributed by atoms with Crippen molar-refractivity contribution in [2.45, 2.75) is 19.4 Å². The van der Waals surface area contributed by atoms with E-state index in [1.165, 1.54) is 25.8 Å². The Morgan fingerprint density at radius 3 is 2.39 bits per heavy atom. The highest BCUT2D eigenvalue weighted by Gasteiger charge is 2.22. The van der Waals surface area contributed by atoms with Crippen molar-refractivity contribution in [1.29, 1.82) is 0 Å². The number of hydrogen-bond acceptors (Lipinski definition) is 3. The van der Waals surface area contributed by atoms with Crippen LogP contribution in [-0.2, 0) is 0 Å². The Morgan fingerprint density at radius 1 is 1.39 bits per heavy atom. The van der Waals surface area contributed by atoms with Crippen molar-refractivity contribution in [2.24, 2.45) is 0 Å². The topological polar surface area (TPSA) is 66.6 Å². The van der Waals surface area contributed by atoms with Crippen LogP contribution in [0.5, 0.6) is 0 Å². The number of nitrogens with two attached hydrogens (primary N) is 1. The maximum atomic E-state index is 13.1. The number of hydrogen-bond donors (Lipinski definition) is 2. The minimum Gasteiger partial charge on any atom is -0.398 e. The van der Waals surface area contributed by atoms with Gasteiger partial charge in [-0.3, -0.25) is 4.79 Å². The van der Waals surface area contributed by atoms with Crippen molar-refractivity contribution in [3.8, 4) is 0 Å². The number of amides is 1. The lowest BCUT2D eigenvalue weighted by molar-refractivity contribution is 0.0368. The van der Waals surface area contributed by atoms with Crippen LogP contribution in [0.25, 0.3) is 0 Å². The monoisotopic (exact) mass is 258 g/mol. The Kier molecular flexibility index (Phi) is 3.91. The fourth-order valence-electron chi connectivity index (χ4n) is 1.61. The largest absolute Gasteiger partial charge is 0.398 e. The van der Waals surface area contributed by atoms with Crippen LogP contribution in [-0.4, -0.2) is 35.1 Å². The van der Waals surface area contributed by atoms with Gasteiger partial charge in [-0.05, 0) is 19.9 Å². The van der Waals surface area contributed by atoms with Gasteiger partial charge in [0.2, 0.25) is 0 Å². The summed E-state index contributed by atoms with van der Waals surface area (Å²) in [5.41, 5.74) is 4.13. The molecule has 0 aliphatic heterocycles. The fraction of sp³-hybridized carbons (Fsp3) is 0.417. The minimum atomic E-state index is -1.13. The maximum Gasteiger partial charge on any atom is 0.255 e. The van der Waals surface area contributed by atoms with Gasteiger partial charge in [-0.15, -0.1) is 0 Å². The summed E-state index contributed by atoms with van der Waals surface area (Å²) in [4.78, 5) is 13.1. The Morgan fingerprint density at radius 2 is 1.89 bits per heavy atom. The molecule has 0 saturated carbocycles. The van der Waals surface area contributed by atoms with E-state index in [1.807, 2.05) is 0 Å². The molecule has 0 aromatic heterocycles. The molecular formula is C12H16F2N2O2. The summed E-state index contributed by atoms with van der Waals surface area (Å²) in [6.07, 6.45) is 0. The zero-order valence-electron chi connectivity index (χ0n) is 10.5. The van der Waals surface area contributed by atoms with Gasteiger partial charge in [0.05, 0.1) is 11.2 Å². The highest BCUT2D eigenvalue weighted by atomic mass is 19.2. The van der Waals surface area contributed by atoms with Crippen LogP contribution >= 0.6 is 0 Å². The summed E-state index contributed by atoms with van der Waals surface area (Å²) in [6, 6.07) is 1.52. The Balaban J connectivity index is 3.01. The third-order valence-electron chi connectivity index (χ3n) is 2.29. The molecule has 0 saturated heterocycles. The second-order valence-corrected chi connectivity index (χ2v) is 4.83.